The molecule has 2 heterocycles. The molecule has 1 fully saturated rings. The normalized spacial score (nSPS) is 21.7. The Morgan fingerprint density at radius 2 is 2.53 bits per heavy atom. The number of alkyl halides is 1. The number of aromatic nitrogens is 2. The number of hydrogen-bond donors (Lipinski definition) is 1. The second-order valence-electron chi connectivity index (χ2n) is 3.55. The average Bonchev–Trinajstić information content (AvgIpc) is 2.65. The zero-order valence-corrected chi connectivity index (χ0v) is 8.02. The van der Waals surface area contributed by atoms with Crippen molar-refractivity contribution < 1.29 is 9.31 Å². The van der Waals surface area contributed by atoms with Gasteiger partial charge < -0.3 is 4.90 Å². The highest BCUT2D eigenvalue weighted by molar-refractivity contribution is 5.56. The zero-order valence-electron chi connectivity index (χ0n) is 8.02. The summed E-state index contributed by atoms with van der Waals surface area (Å²) in [7, 11) is 0. The zero-order chi connectivity index (χ0) is 10.8. The molecule has 1 saturated heterocycles. The Kier molecular flexibility index (Phi) is 2.53. The van der Waals surface area contributed by atoms with Crippen LogP contribution in [0, 0.1) is 10.1 Å². The minimum atomic E-state index is -0.915. The van der Waals surface area contributed by atoms with E-state index in [2.05, 4.69) is 10.2 Å². The lowest BCUT2D eigenvalue weighted by molar-refractivity contribution is -0.384. The van der Waals surface area contributed by atoms with Gasteiger partial charge in [-0.1, -0.05) is 0 Å². The third kappa shape index (κ3) is 1.90. The lowest BCUT2D eigenvalue weighted by Gasteiger charge is -2.28. The minimum absolute atomic E-state index is 0.0934. The first-order valence-electron chi connectivity index (χ1n) is 4.75. The maximum Gasteiger partial charge on any atom is 0.330 e. The van der Waals surface area contributed by atoms with Crippen LogP contribution in [0.25, 0.3) is 0 Å². The van der Waals surface area contributed by atoms with E-state index in [1.54, 1.807) is 4.90 Å². The molecule has 1 aromatic heterocycles. The van der Waals surface area contributed by atoms with Crippen molar-refractivity contribution in [2.24, 2.45) is 0 Å². The Morgan fingerprint density at radius 3 is 3.20 bits per heavy atom. The lowest BCUT2D eigenvalue weighted by atomic mass is 10.1. The Labute approximate surface area is 85.2 Å². The quantitative estimate of drug-likeness (QED) is 0.594. The fourth-order valence-corrected chi connectivity index (χ4v) is 1.77. The number of H-pyrrole nitrogens is 1. The largest absolute Gasteiger partial charge is 0.348 e. The molecule has 2 rings (SSSR count). The van der Waals surface area contributed by atoms with E-state index in [1.807, 2.05) is 0 Å². The first kappa shape index (κ1) is 9.88. The maximum atomic E-state index is 13.1. The summed E-state index contributed by atoms with van der Waals surface area (Å²) in [6.07, 6.45) is 1.47. The molecule has 0 aliphatic carbocycles. The Morgan fingerprint density at radius 1 is 1.73 bits per heavy atom. The Balaban J connectivity index is 2.21. The smallest absolute Gasteiger partial charge is 0.330 e. The van der Waals surface area contributed by atoms with E-state index in [9.17, 15) is 14.5 Å². The first-order valence-corrected chi connectivity index (χ1v) is 4.75. The van der Waals surface area contributed by atoms with Gasteiger partial charge in [-0.2, -0.15) is 5.10 Å². The van der Waals surface area contributed by atoms with Crippen LogP contribution < -0.4 is 4.90 Å². The molecule has 0 bridgehead atoms. The highest BCUT2D eigenvalue weighted by Gasteiger charge is 2.26. The van der Waals surface area contributed by atoms with Crippen LogP contribution in [0.4, 0.5) is 15.9 Å². The van der Waals surface area contributed by atoms with Gasteiger partial charge in [0.25, 0.3) is 0 Å². The van der Waals surface area contributed by atoms with Crippen LogP contribution in [-0.2, 0) is 0 Å². The molecule has 15 heavy (non-hydrogen) atoms. The van der Waals surface area contributed by atoms with Crippen molar-refractivity contribution in [3.8, 4) is 0 Å². The third-order valence-corrected chi connectivity index (χ3v) is 2.48. The Hall–Kier alpha value is -1.66. The molecule has 0 spiro atoms. The van der Waals surface area contributed by atoms with Gasteiger partial charge in [0.05, 0.1) is 11.5 Å². The molecule has 6 nitrogen and oxygen atoms in total. The number of aromatic amines is 1. The summed E-state index contributed by atoms with van der Waals surface area (Å²) >= 11 is 0. The highest BCUT2D eigenvalue weighted by atomic mass is 19.1. The van der Waals surface area contributed by atoms with E-state index < -0.39 is 11.1 Å². The van der Waals surface area contributed by atoms with Crippen molar-refractivity contribution >= 4 is 11.5 Å². The molecule has 1 aliphatic rings. The van der Waals surface area contributed by atoms with Crippen molar-refractivity contribution in [1.29, 1.82) is 0 Å². The summed E-state index contributed by atoms with van der Waals surface area (Å²) < 4.78 is 13.1. The molecular weight excluding hydrogens is 203 g/mol. The molecule has 1 unspecified atom stereocenters. The number of anilines is 1. The molecule has 0 amide bonds. The monoisotopic (exact) mass is 214 g/mol. The van der Waals surface area contributed by atoms with Gasteiger partial charge in [-0.15, -0.1) is 0 Å². The second-order valence-corrected chi connectivity index (χ2v) is 3.55. The summed E-state index contributed by atoms with van der Waals surface area (Å²) in [6.45, 7) is 0.826. The topological polar surface area (TPSA) is 75.1 Å². The van der Waals surface area contributed by atoms with E-state index >= 15 is 0 Å². The second kappa shape index (κ2) is 3.84. The van der Waals surface area contributed by atoms with Crippen LogP contribution in [0.3, 0.4) is 0 Å². The number of halogens is 1. The van der Waals surface area contributed by atoms with Gasteiger partial charge in [0.1, 0.15) is 12.4 Å². The van der Waals surface area contributed by atoms with Gasteiger partial charge in [-0.3, -0.25) is 15.2 Å². The summed E-state index contributed by atoms with van der Waals surface area (Å²) in [6, 6.07) is 0. The molecule has 7 heteroatoms. The van der Waals surface area contributed by atoms with Crippen LogP contribution in [0.15, 0.2) is 6.20 Å². The average molecular weight is 214 g/mol. The van der Waals surface area contributed by atoms with Crippen molar-refractivity contribution in [2.45, 2.75) is 19.0 Å². The number of hydrogen-bond acceptors (Lipinski definition) is 4. The third-order valence-electron chi connectivity index (χ3n) is 2.48. The van der Waals surface area contributed by atoms with Crippen LogP contribution in [0.1, 0.15) is 12.8 Å². The van der Waals surface area contributed by atoms with E-state index in [4.69, 9.17) is 0 Å². The van der Waals surface area contributed by atoms with Gasteiger partial charge in [0.2, 0.25) is 5.82 Å². The SMILES string of the molecule is O=[N+]([O-])c1cn[nH]c1N1CCCC(F)C1. The Bertz CT molecular complexity index is 367. The van der Waals surface area contributed by atoms with Gasteiger partial charge >= 0.3 is 5.69 Å². The standard InChI is InChI=1S/C8H11FN4O2/c9-6-2-1-3-12(5-6)8-7(13(14)15)4-10-11-8/h4,6H,1-3,5H2,(H,10,11). The molecule has 1 aromatic rings. The lowest BCUT2D eigenvalue weighted by Crippen LogP contribution is -2.36. The molecular formula is C8H11FN4O2. The fraction of sp³-hybridized carbons (Fsp3) is 0.625. The van der Waals surface area contributed by atoms with Crippen LogP contribution in [-0.4, -0.2) is 34.4 Å². The molecule has 82 valence electrons. The van der Waals surface area contributed by atoms with Crippen molar-refractivity contribution in [1.82, 2.24) is 10.2 Å². The molecule has 0 radical (unpaired) electrons. The summed E-state index contributed by atoms with van der Waals surface area (Å²) in [4.78, 5) is 11.8. The van der Waals surface area contributed by atoms with Crippen molar-refractivity contribution in [2.75, 3.05) is 18.0 Å². The minimum Gasteiger partial charge on any atom is -0.348 e. The van der Waals surface area contributed by atoms with E-state index in [1.165, 1.54) is 0 Å². The van der Waals surface area contributed by atoms with Gasteiger partial charge in [-0.25, -0.2) is 4.39 Å². The van der Waals surface area contributed by atoms with Crippen LogP contribution in [0.2, 0.25) is 0 Å². The summed E-state index contributed by atoms with van der Waals surface area (Å²) in [5.41, 5.74) is -0.0934. The van der Waals surface area contributed by atoms with Crippen molar-refractivity contribution in [3.63, 3.8) is 0 Å². The molecule has 1 atom stereocenters. The number of nitro groups is 1. The summed E-state index contributed by atoms with van der Waals surface area (Å²) in [5.74, 6) is 0.308. The highest BCUT2D eigenvalue weighted by Crippen LogP contribution is 2.27. The van der Waals surface area contributed by atoms with Gasteiger partial charge in [-0.05, 0) is 12.8 Å². The number of rotatable bonds is 2. The summed E-state index contributed by atoms with van der Waals surface area (Å²) in [5, 5.41) is 16.8. The number of nitrogens with zero attached hydrogens (tertiary/aromatic N) is 3. The van der Waals surface area contributed by atoms with Crippen LogP contribution >= 0.6 is 0 Å². The van der Waals surface area contributed by atoms with E-state index in [-0.39, 0.29) is 12.2 Å². The van der Waals surface area contributed by atoms with Gasteiger partial charge in [0, 0.05) is 6.54 Å². The molecule has 1 N–H and O–H groups in total. The van der Waals surface area contributed by atoms with E-state index in [0.29, 0.717) is 25.2 Å². The van der Waals surface area contributed by atoms with E-state index in [0.717, 1.165) is 6.20 Å². The fourth-order valence-electron chi connectivity index (χ4n) is 1.77. The van der Waals surface area contributed by atoms with Crippen LogP contribution in [0.5, 0.6) is 0 Å². The maximum absolute atomic E-state index is 13.1. The number of piperidine rings is 1. The number of nitrogens with one attached hydrogen (secondary N) is 1. The molecule has 0 saturated carbocycles. The van der Waals surface area contributed by atoms with Gasteiger partial charge in [0.15, 0.2) is 0 Å². The molecule has 0 aromatic carbocycles. The van der Waals surface area contributed by atoms with Crippen molar-refractivity contribution in [3.05, 3.63) is 16.3 Å². The molecule has 1 aliphatic heterocycles. The predicted molar refractivity (Wildman–Crippen MR) is 51.6 cm³/mol. The first-order chi connectivity index (χ1) is 7.18. The predicted octanol–water partition coefficient (Wildman–Crippen LogP) is 1.26.